The molecule has 148 valence electrons. The van der Waals surface area contributed by atoms with Gasteiger partial charge in [0.1, 0.15) is 11.6 Å². The number of carbonyl (C=O) groups is 1. The van der Waals surface area contributed by atoms with E-state index in [1.165, 1.54) is 12.1 Å². The number of nitrogens with one attached hydrogen (secondary N) is 1. The molecular weight excluding hydrogens is 385 g/mol. The Kier molecular flexibility index (Phi) is 5.30. The van der Waals surface area contributed by atoms with Crippen molar-refractivity contribution < 1.29 is 19.0 Å². The summed E-state index contributed by atoms with van der Waals surface area (Å²) in [6.45, 7) is 1.65. The lowest BCUT2D eigenvalue weighted by Gasteiger charge is -2.10. The molecule has 0 aliphatic rings. The normalized spacial score (nSPS) is 10.6. The fraction of sp³-hybridized carbons (Fsp3) is 0.111. The van der Waals surface area contributed by atoms with Gasteiger partial charge in [-0.1, -0.05) is 6.07 Å². The molecular formula is C18H14FN5O5. The van der Waals surface area contributed by atoms with Crippen molar-refractivity contribution in [3.8, 4) is 5.69 Å². The smallest absolute Gasteiger partial charge is 0.277 e. The van der Waals surface area contributed by atoms with Gasteiger partial charge in [-0.05, 0) is 24.6 Å². The zero-order valence-corrected chi connectivity index (χ0v) is 15.0. The Labute approximate surface area is 162 Å². The molecule has 0 radical (unpaired) electrons. The van der Waals surface area contributed by atoms with Crippen LogP contribution >= 0.6 is 0 Å². The number of aryl methyl sites for hydroxylation is 1. The molecule has 0 unspecified atom stereocenters. The van der Waals surface area contributed by atoms with Gasteiger partial charge in [0, 0.05) is 31.1 Å². The standard InChI is InChI=1S/C18H14FN5O5/c1-11-20-4-5-22(11)17-3-2-12(6-16(17)19)10-21-18(25)13-7-14(23(26)27)9-15(8-13)24(28)29/h2-9H,10H2,1H3,(H,21,25). The molecule has 0 saturated carbocycles. The quantitative estimate of drug-likeness (QED) is 0.500. The van der Waals surface area contributed by atoms with E-state index < -0.39 is 32.9 Å². The van der Waals surface area contributed by atoms with Crippen molar-refractivity contribution in [3.63, 3.8) is 0 Å². The van der Waals surface area contributed by atoms with Gasteiger partial charge >= 0.3 is 0 Å². The fourth-order valence-electron chi connectivity index (χ4n) is 2.71. The van der Waals surface area contributed by atoms with Gasteiger partial charge in [-0.25, -0.2) is 9.37 Å². The second kappa shape index (κ2) is 7.84. The summed E-state index contributed by atoms with van der Waals surface area (Å²) in [6, 6.07) is 7.02. The molecule has 3 rings (SSSR count). The molecule has 10 nitrogen and oxygen atoms in total. The molecule has 1 amide bonds. The van der Waals surface area contributed by atoms with Crippen LogP contribution in [0, 0.1) is 33.0 Å². The van der Waals surface area contributed by atoms with Crippen LogP contribution in [0.25, 0.3) is 5.69 Å². The summed E-state index contributed by atoms with van der Waals surface area (Å²) in [7, 11) is 0. The Hall–Kier alpha value is -4.15. The van der Waals surface area contributed by atoms with Crippen LogP contribution in [0.1, 0.15) is 21.7 Å². The van der Waals surface area contributed by atoms with Gasteiger partial charge in [0.2, 0.25) is 0 Å². The summed E-state index contributed by atoms with van der Waals surface area (Å²) in [6.07, 6.45) is 3.16. The van der Waals surface area contributed by atoms with Crippen LogP contribution in [-0.2, 0) is 6.54 Å². The van der Waals surface area contributed by atoms with Crippen molar-refractivity contribution in [3.05, 3.63) is 91.8 Å². The van der Waals surface area contributed by atoms with E-state index in [4.69, 9.17) is 0 Å². The number of nitro benzene ring substituents is 2. The molecule has 1 N–H and O–H groups in total. The number of nitrogens with zero attached hydrogens (tertiary/aromatic N) is 4. The molecule has 1 heterocycles. The van der Waals surface area contributed by atoms with Crippen LogP contribution in [0.15, 0.2) is 48.8 Å². The van der Waals surface area contributed by atoms with Crippen LogP contribution in [0.4, 0.5) is 15.8 Å². The molecule has 11 heteroatoms. The van der Waals surface area contributed by atoms with Crippen molar-refractivity contribution in [1.29, 1.82) is 0 Å². The molecule has 0 atom stereocenters. The molecule has 0 spiro atoms. The molecule has 0 bridgehead atoms. The number of amides is 1. The lowest BCUT2D eigenvalue weighted by molar-refractivity contribution is -0.394. The number of rotatable bonds is 6. The average Bonchev–Trinajstić information content (AvgIpc) is 3.11. The third-order valence-corrected chi connectivity index (χ3v) is 4.14. The van der Waals surface area contributed by atoms with E-state index in [-0.39, 0.29) is 12.1 Å². The highest BCUT2D eigenvalue weighted by Crippen LogP contribution is 2.23. The highest BCUT2D eigenvalue weighted by atomic mass is 19.1. The Morgan fingerprint density at radius 3 is 2.31 bits per heavy atom. The van der Waals surface area contributed by atoms with Crippen molar-refractivity contribution >= 4 is 17.3 Å². The van der Waals surface area contributed by atoms with E-state index in [2.05, 4.69) is 10.3 Å². The van der Waals surface area contributed by atoms with Gasteiger partial charge in [-0.2, -0.15) is 0 Å². The van der Waals surface area contributed by atoms with E-state index in [1.807, 2.05) is 0 Å². The molecule has 0 fully saturated rings. The Balaban J connectivity index is 1.77. The summed E-state index contributed by atoms with van der Waals surface area (Å²) in [4.78, 5) is 36.5. The largest absolute Gasteiger partial charge is 0.348 e. The minimum atomic E-state index is -0.823. The third kappa shape index (κ3) is 4.24. The molecule has 29 heavy (non-hydrogen) atoms. The van der Waals surface area contributed by atoms with Gasteiger partial charge < -0.3 is 9.88 Å². The first-order valence-electron chi connectivity index (χ1n) is 8.27. The van der Waals surface area contributed by atoms with Gasteiger partial charge in [0.15, 0.2) is 0 Å². The number of carbonyl (C=O) groups excluding carboxylic acids is 1. The summed E-state index contributed by atoms with van der Waals surface area (Å²) in [5.41, 5.74) is -0.649. The number of aromatic nitrogens is 2. The summed E-state index contributed by atoms with van der Waals surface area (Å²) in [5.74, 6) is -0.673. The van der Waals surface area contributed by atoms with E-state index in [0.717, 1.165) is 18.2 Å². The Morgan fingerprint density at radius 1 is 1.14 bits per heavy atom. The van der Waals surface area contributed by atoms with Crippen molar-refractivity contribution in [2.24, 2.45) is 0 Å². The molecule has 1 aromatic heterocycles. The number of hydrogen-bond acceptors (Lipinski definition) is 6. The topological polar surface area (TPSA) is 133 Å². The maximum atomic E-state index is 14.4. The van der Waals surface area contributed by atoms with E-state index >= 15 is 0 Å². The van der Waals surface area contributed by atoms with Crippen LogP contribution in [-0.4, -0.2) is 25.3 Å². The number of hydrogen-bond donors (Lipinski definition) is 1. The van der Waals surface area contributed by atoms with E-state index in [1.54, 1.807) is 30.0 Å². The Bertz CT molecular complexity index is 1100. The summed E-state index contributed by atoms with van der Waals surface area (Å²) < 4.78 is 16.0. The Morgan fingerprint density at radius 2 is 1.79 bits per heavy atom. The molecule has 3 aromatic rings. The number of non-ortho nitro benzene ring substituents is 2. The molecule has 0 aliphatic heterocycles. The monoisotopic (exact) mass is 399 g/mol. The number of nitro groups is 2. The van der Waals surface area contributed by atoms with E-state index in [9.17, 15) is 29.4 Å². The predicted octanol–water partition coefficient (Wildman–Crippen LogP) is 3.07. The number of imidazole rings is 1. The van der Waals surface area contributed by atoms with Crippen LogP contribution < -0.4 is 5.32 Å². The second-order valence-corrected chi connectivity index (χ2v) is 6.07. The first-order valence-corrected chi connectivity index (χ1v) is 8.27. The van der Waals surface area contributed by atoms with Gasteiger partial charge in [-0.3, -0.25) is 25.0 Å². The van der Waals surface area contributed by atoms with Crippen molar-refractivity contribution in [1.82, 2.24) is 14.9 Å². The number of halogens is 1. The van der Waals surface area contributed by atoms with Crippen LogP contribution in [0.5, 0.6) is 0 Å². The van der Waals surface area contributed by atoms with Crippen LogP contribution in [0.3, 0.4) is 0 Å². The third-order valence-electron chi connectivity index (χ3n) is 4.14. The average molecular weight is 399 g/mol. The summed E-state index contributed by atoms with van der Waals surface area (Å²) >= 11 is 0. The first-order chi connectivity index (χ1) is 13.8. The van der Waals surface area contributed by atoms with E-state index in [0.29, 0.717) is 17.1 Å². The minimum Gasteiger partial charge on any atom is -0.348 e. The lowest BCUT2D eigenvalue weighted by Crippen LogP contribution is -2.23. The maximum Gasteiger partial charge on any atom is 0.277 e. The molecule has 2 aromatic carbocycles. The first kappa shape index (κ1) is 19.6. The molecule has 0 saturated heterocycles. The zero-order valence-electron chi connectivity index (χ0n) is 15.0. The van der Waals surface area contributed by atoms with Gasteiger partial charge in [0.05, 0.1) is 27.2 Å². The minimum absolute atomic E-state index is 0.0740. The highest BCUT2D eigenvalue weighted by Gasteiger charge is 2.20. The van der Waals surface area contributed by atoms with Crippen molar-refractivity contribution in [2.75, 3.05) is 0 Å². The van der Waals surface area contributed by atoms with Crippen LogP contribution in [0.2, 0.25) is 0 Å². The fourth-order valence-corrected chi connectivity index (χ4v) is 2.71. The van der Waals surface area contributed by atoms with Gasteiger partial charge in [-0.15, -0.1) is 0 Å². The zero-order chi connectivity index (χ0) is 21.1. The van der Waals surface area contributed by atoms with Crippen molar-refractivity contribution in [2.45, 2.75) is 13.5 Å². The highest BCUT2D eigenvalue weighted by molar-refractivity contribution is 5.95. The van der Waals surface area contributed by atoms with Gasteiger partial charge in [0.25, 0.3) is 17.3 Å². The predicted molar refractivity (Wildman–Crippen MR) is 99.2 cm³/mol. The second-order valence-electron chi connectivity index (χ2n) is 6.07. The SMILES string of the molecule is Cc1nccn1-c1ccc(CNC(=O)c2cc([N+](=O)[O-])cc([N+](=O)[O-])c2)cc1F. The molecule has 0 aliphatic carbocycles. The maximum absolute atomic E-state index is 14.4. The summed E-state index contributed by atoms with van der Waals surface area (Å²) in [5, 5.41) is 24.3. The number of benzene rings is 2. The lowest BCUT2D eigenvalue weighted by atomic mass is 10.1.